The van der Waals surface area contributed by atoms with E-state index in [2.05, 4.69) is 10.5 Å². The normalized spacial score (nSPS) is 15.7. The van der Waals surface area contributed by atoms with Crippen LogP contribution in [0.1, 0.15) is 18.5 Å². The molecule has 1 aromatic carbocycles. The summed E-state index contributed by atoms with van der Waals surface area (Å²) in [5.41, 5.74) is 1.17. The summed E-state index contributed by atoms with van der Waals surface area (Å²) in [7, 11) is 1.61. The number of hydrogen-bond donors (Lipinski definition) is 1. The summed E-state index contributed by atoms with van der Waals surface area (Å²) >= 11 is 0. The summed E-state index contributed by atoms with van der Waals surface area (Å²) in [6, 6.07) is 11.6. The van der Waals surface area contributed by atoms with E-state index >= 15 is 0 Å². The van der Waals surface area contributed by atoms with Crippen LogP contribution in [0.2, 0.25) is 0 Å². The number of ether oxygens (including phenoxy) is 1. The third-order valence-corrected chi connectivity index (χ3v) is 3.84. The molecule has 0 spiro atoms. The highest BCUT2D eigenvalue weighted by Gasteiger charge is 2.53. The van der Waals surface area contributed by atoms with E-state index in [1.54, 1.807) is 7.11 Å². The molecule has 0 radical (unpaired) electrons. The number of carbonyl (C=O) groups is 1. The molecule has 5 heteroatoms. The Morgan fingerprint density at radius 2 is 2.14 bits per heavy atom. The van der Waals surface area contributed by atoms with Crippen LogP contribution in [-0.4, -0.2) is 31.3 Å². The molecule has 0 saturated heterocycles. The summed E-state index contributed by atoms with van der Waals surface area (Å²) in [4.78, 5) is 12.3. The van der Waals surface area contributed by atoms with Gasteiger partial charge in [-0.3, -0.25) is 4.79 Å². The molecule has 0 atom stereocenters. The smallest absolute Gasteiger partial charge is 0.232 e. The largest absolute Gasteiger partial charge is 0.383 e. The van der Waals surface area contributed by atoms with Crippen molar-refractivity contribution in [2.24, 2.45) is 0 Å². The molecule has 2 aromatic rings. The van der Waals surface area contributed by atoms with Gasteiger partial charge in [-0.25, -0.2) is 0 Å². The fourth-order valence-corrected chi connectivity index (χ4v) is 2.40. The maximum absolute atomic E-state index is 12.3. The second-order valence-electron chi connectivity index (χ2n) is 5.27. The molecule has 1 aliphatic rings. The number of methoxy groups -OCH3 is 1. The Morgan fingerprint density at radius 3 is 2.81 bits per heavy atom. The zero-order valence-corrected chi connectivity index (χ0v) is 12.0. The highest BCUT2D eigenvalue weighted by Crippen LogP contribution is 2.48. The average Bonchev–Trinajstić information content (AvgIpc) is 3.19. The lowest BCUT2D eigenvalue weighted by atomic mass is 10.0. The molecule has 1 heterocycles. The number of aromatic nitrogens is 1. The van der Waals surface area contributed by atoms with Gasteiger partial charge in [0.15, 0.2) is 5.76 Å². The van der Waals surface area contributed by atoms with Gasteiger partial charge in [0.25, 0.3) is 0 Å². The van der Waals surface area contributed by atoms with Gasteiger partial charge in [0.1, 0.15) is 0 Å². The van der Waals surface area contributed by atoms with Crippen molar-refractivity contribution < 1.29 is 14.1 Å². The maximum atomic E-state index is 12.3. The Kier molecular flexibility index (Phi) is 3.75. The van der Waals surface area contributed by atoms with Gasteiger partial charge in [0, 0.05) is 25.3 Å². The standard InChI is InChI=1S/C16H18N2O3/c1-20-10-9-17-15(19)16(7-8-16)14-11-13(21-18-14)12-5-3-2-4-6-12/h2-6,11H,7-10H2,1H3,(H,17,19). The van der Waals surface area contributed by atoms with E-state index in [1.165, 1.54) is 0 Å². The van der Waals surface area contributed by atoms with Gasteiger partial charge >= 0.3 is 0 Å². The molecular weight excluding hydrogens is 268 g/mol. The molecule has 110 valence electrons. The third kappa shape index (κ3) is 2.69. The predicted octanol–water partition coefficient (Wildman–Crippen LogP) is 2.14. The number of benzene rings is 1. The fourth-order valence-electron chi connectivity index (χ4n) is 2.40. The van der Waals surface area contributed by atoms with E-state index in [-0.39, 0.29) is 5.91 Å². The van der Waals surface area contributed by atoms with Crippen LogP contribution in [0.15, 0.2) is 40.9 Å². The van der Waals surface area contributed by atoms with Crippen LogP contribution < -0.4 is 5.32 Å². The van der Waals surface area contributed by atoms with Gasteiger partial charge in [-0.05, 0) is 12.8 Å². The molecule has 0 bridgehead atoms. The first-order chi connectivity index (χ1) is 10.3. The third-order valence-electron chi connectivity index (χ3n) is 3.84. The summed E-state index contributed by atoms with van der Waals surface area (Å²) < 4.78 is 10.3. The number of nitrogens with zero attached hydrogens (tertiary/aromatic N) is 1. The summed E-state index contributed by atoms with van der Waals surface area (Å²) in [5, 5.41) is 7.00. The van der Waals surface area contributed by atoms with Gasteiger partial charge < -0.3 is 14.6 Å². The van der Waals surface area contributed by atoms with Crippen LogP contribution >= 0.6 is 0 Å². The van der Waals surface area contributed by atoms with Gasteiger partial charge in [0.2, 0.25) is 5.91 Å². The minimum atomic E-state index is -0.510. The molecule has 1 amide bonds. The monoisotopic (exact) mass is 286 g/mol. The SMILES string of the molecule is COCCNC(=O)C1(c2cc(-c3ccccc3)on2)CC1. The molecule has 1 N–H and O–H groups in total. The van der Waals surface area contributed by atoms with Crippen molar-refractivity contribution in [2.75, 3.05) is 20.3 Å². The maximum Gasteiger partial charge on any atom is 0.232 e. The van der Waals surface area contributed by atoms with E-state index in [1.807, 2.05) is 36.4 Å². The van der Waals surface area contributed by atoms with Crippen molar-refractivity contribution in [1.29, 1.82) is 0 Å². The average molecular weight is 286 g/mol. The van der Waals surface area contributed by atoms with Crippen molar-refractivity contribution in [2.45, 2.75) is 18.3 Å². The van der Waals surface area contributed by atoms with Crippen LogP contribution in [-0.2, 0) is 14.9 Å². The van der Waals surface area contributed by atoms with Crippen LogP contribution in [0.4, 0.5) is 0 Å². The Bertz CT molecular complexity index is 617. The number of rotatable bonds is 6. The second kappa shape index (κ2) is 5.69. The van der Waals surface area contributed by atoms with Crippen LogP contribution in [0.3, 0.4) is 0 Å². The van der Waals surface area contributed by atoms with Crippen molar-refractivity contribution in [3.05, 3.63) is 42.1 Å². The van der Waals surface area contributed by atoms with Crippen molar-refractivity contribution in [1.82, 2.24) is 10.5 Å². The molecule has 21 heavy (non-hydrogen) atoms. The molecule has 1 saturated carbocycles. The van der Waals surface area contributed by atoms with E-state index in [4.69, 9.17) is 9.26 Å². The Labute approximate surface area is 123 Å². The lowest BCUT2D eigenvalue weighted by Gasteiger charge is -2.11. The summed E-state index contributed by atoms with van der Waals surface area (Å²) in [6.07, 6.45) is 1.62. The molecule has 3 rings (SSSR count). The molecule has 0 unspecified atom stereocenters. The second-order valence-corrected chi connectivity index (χ2v) is 5.27. The number of hydrogen-bond acceptors (Lipinski definition) is 4. The van der Waals surface area contributed by atoms with Crippen LogP contribution in [0, 0.1) is 0 Å². The molecule has 1 aliphatic carbocycles. The van der Waals surface area contributed by atoms with Gasteiger partial charge in [-0.2, -0.15) is 0 Å². The zero-order chi connectivity index (χ0) is 14.7. The zero-order valence-electron chi connectivity index (χ0n) is 12.0. The number of amides is 1. The van der Waals surface area contributed by atoms with Crippen LogP contribution in [0.5, 0.6) is 0 Å². The first-order valence-electron chi connectivity index (χ1n) is 7.06. The van der Waals surface area contributed by atoms with Crippen molar-refractivity contribution >= 4 is 5.91 Å². The fraction of sp³-hybridized carbons (Fsp3) is 0.375. The minimum absolute atomic E-state index is 0.00691. The first-order valence-corrected chi connectivity index (χ1v) is 7.06. The van der Waals surface area contributed by atoms with Gasteiger partial charge in [-0.1, -0.05) is 35.5 Å². The van der Waals surface area contributed by atoms with E-state index < -0.39 is 5.41 Å². The lowest BCUT2D eigenvalue weighted by Crippen LogP contribution is -2.36. The van der Waals surface area contributed by atoms with Gasteiger partial charge in [-0.15, -0.1) is 0 Å². The topological polar surface area (TPSA) is 64.4 Å². The Hall–Kier alpha value is -2.14. The Balaban J connectivity index is 1.75. The molecular formula is C16H18N2O3. The highest BCUT2D eigenvalue weighted by molar-refractivity contribution is 5.91. The Morgan fingerprint density at radius 1 is 1.38 bits per heavy atom. The molecule has 1 fully saturated rings. The van der Waals surface area contributed by atoms with Crippen molar-refractivity contribution in [3.63, 3.8) is 0 Å². The van der Waals surface area contributed by atoms with Crippen molar-refractivity contribution in [3.8, 4) is 11.3 Å². The van der Waals surface area contributed by atoms with Crippen LogP contribution in [0.25, 0.3) is 11.3 Å². The quantitative estimate of drug-likeness (QED) is 0.826. The number of carbonyl (C=O) groups excluding carboxylic acids is 1. The molecule has 0 aliphatic heterocycles. The summed E-state index contributed by atoms with van der Waals surface area (Å²) in [5.74, 6) is 0.703. The van der Waals surface area contributed by atoms with E-state index in [0.717, 1.165) is 24.1 Å². The number of nitrogens with one attached hydrogen (secondary N) is 1. The minimum Gasteiger partial charge on any atom is -0.383 e. The highest BCUT2D eigenvalue weighted by atomic mass is 16.5. The first kappa shape index (κ1) is 13.8. The van der Waals surface area contributed by atoms with Gasteiger partial charge in [0.05, 0.1) is 17.7 Å². The lowest BCUT2D eigenvalue weighted by molar-refractivity contribution is -0.123. The molecule has 5 nitrogen and oxygen atoms in total. The van der Waals surface area contributed by atoms with E-state index in [0.29, 0.717) is 18.9 Å². The molecule has 1 aromatic heterocycles. The predicted molar refractivity (Wildman–Crippen MR) is 77.7 cm³/mol. The summed E-state index contributed by atoms with van der Waals surface area (Å²) in [6.45, 7) is 1.02. The van der Waals surface area contributed by atoms with E-state index in [9.17, 15) is 4.79 Å².